The van der Waals surface area contributed by atoms with Gasteiger partial charge in [-0.15, -0.1) is 24.0 Å². The summed E-state index contributed by atoms with van der Waals surface area (Å²) < 4.78 is 10.6. The van der Waals surface area contributed by atoms with Gasteiger partial charge in [-0.2, -0.15) is 0 Å². The summed E-state index contributed by atoms with van der Waals surface area (Å²) in [5, 5.41) is 6.88. The Labute approximate surface area is 169 Å². The summed E-state index contributed by atoms with van der Waals surface area (Å²) in [6.45, 7) is 4.13. The molecule has 142 valence electrons. The molecule has 0 aliphatic heterocycles. The normalized spacial score (nSPS) is 15.6. The highest BCUT2D eigenvalue weighted by molar-refractivity contribution is 14.0. The standard InChI is InChI=1S/C19H31N3O2.HI/c1-5-19(10-6-11-19)14-22-18(20-2)21-12-9-15-7-8-16(23-3)17(13-15)24-4;/h7-8,13H,5-6,9-12,14H2,1-4H3,(H2,20,21,22);1H. The van der Waals surface area contributed by atoms with Crippen molar-refractivity contribution in [3.8, 4) is 11.5 Å². The van der Waals surface area contributed by atoms with Crippen molar-refractivity contribution in [2.75, 3.05) is 34.4 Å². The Balaban J connectivity index is 0.00000312. The molecule has 0 saturated heterocycles. The van der Waals surface area contributed by atoms with Crippen LogP contribution in [0.3, 0.4) is 0 Å². The van der Waals surface area contributed by atoms with E-state index >= 15 is 0 Å². The van der Waals surface area contributed by atoms with Crippen molar-refractivity contribution in [3.05, 3.63) is 23.8 Å². The number of nitrogens with one attached hydrogen (secondary N) is 2. The summed E-state index contributed by atoms with van der Waals surface area (Å²) >= 11 is 0. The van der Waals surface area contributed by atoms with Crippen molar-refractivity contribution in [1.82, 2.24) is 10.6 Å². The number of aliphatic imine (C=N–C) groups is 1. The van der Waals surface area contributed by atoms with Crippen LogP contribution in [-0.2, 0) is 6.42 Å². The maximum absolute atomic E-state index is 5.35. The molecule has 0 spiro atoms. The van der Waals surface area contributed by atoms with E-state index in [1.165, 1.54) is 31.2 Å². The molecule has 1 aromatic rings. The second-order valence-electron chi connectivity index (χ2n) is 6.50. The largest absolute Gasteiger partial charge is 0.493 e. The predicted molar refractivity (Wildman–Crippen MR) is 115 cm³/mol. The minimum atomic E-state index is 0. The van der Waals surface area contributed by atoms with Crippen molar-refractivity contribution >= 4 is 29.9 Å². The van der Waals surface area contributed by atoms with E-state index in [1.807, 2.05) is 19.2 Å². The Morgan fingerprint density at radius 1 is 1.16 bits per heavy atom. The smallest absolute Gasteiger partial charge is 0.191 e. The van der Waals surface area contributed by atoms with E-state index in [0.29, 0.717) is 5.41 Å². The third-order valence-electron chi connectivity index (χ3n) is 5.17. The Bertz CT molecular complexity index is 554. The molecule has 0 amide bonds. The van der Waals surface area contributed by atoms with Gasteiger partial charge in [-0.25, -0.2) is 0 Å². The fourth-order valence-electron chi connectivity index (χ4n) is 3.19. The molecule has 0 heterocycles. The zero-order valence-electron chi connectivity index (χ0n) is 15.9. The molecule has 1 saturated carbocycles. The molecule has 6 heteroatoms. The monoisotopic (exact) mass is 461 g/mol. The molecule has 1 fully saturated rings. The lowest BCUT2D eigenvalue weighted by atomic mass is 9.67. The van der Waals surface area contributed by atoms with Crippen LogP contribution in [0.1, 0.15) is 38.2 Å². The van der Waals surface area contributed by atoms with E-state index in [1.54, 1.807) is 14.2 Å². The summed E-state index contributed by atoms with van der Waals surface area (Å²) in [6, 6.07) is 6.04. The van der Waals surface area contributed by atoms with Crippen LogP contribution < -0.4 is 20.1 Å². The quantitative estimate of drug-likeness (QED) is 0.353. The Kier molecular flexibility index (Phi) is 9.38. The summed E-state index contributed by atoms with van der Waals surface area (Å²) in [5.74, 6) is 2.42. The molecular weight excluding hydrogens is 429 g/mol. The molecular formula is C19H32IN3O2. The van der Waals surface area contributed by atoms with Crippen LogP contribution in [-0.4, -0.2) is 40.3 Å². The minimum Gasteiger partial charge on any atom is -0.493 e. The average molecular weight is 461 g/mol. The Morgan fingerprint density at radius 2 is 1.88 bits per heavy atom. The van der Waals surface area contributed by atoms with Crippen molar-refractivity contribution < 1.29 is 9.47 Å². The first-order valence-corrected chi connectivity index (χ1v) is 8.82. The van der Waals surface area contributed by atoms with E-state index in [0.717, 1.165) is 37.0 Å². The van der Waals surface area contributed by atoms with E-state index in [2.05, 4.69) is 28.6 Å². The number of hydrogen-bond donors (Lipinski definition) is 2. The third-order valence-corrected chi connectivity index (χ3v) is 5.17. The molecule has 0 unspecified atom stereocenters. The molecule has 0 atom stereocenters. The number of rotatable bonds is 8. The van der Waals surface area contributed by atoms with Crippen molar-refractivity contribution in [3.63, 3.8) is 0 Å². The molecule has 0 aromatic heterocycles. The lowest BCUT2D eigenvalue weighted by molar-refractivity contribution is 0.131. The maximum atomic E-state index is 5.35. The van der Waals surface area contributed by atoms with Crippen LogP contribution in [0.5, 0.6) is 11.5 Å². The summed E-state index contributed by atoms with van der Waals surface area (Å²) in [5.41, 5.74) is 1.70. The Hall–Kier alpha value is -1.18. The molecule has 2 N–H and O–H groups in total. The fraction of sp³-hybridized carbons (Fsp3) is 0.632. The van der Waals surface area contributed by atoms with Crippen molar-refractivity contribution in [1.29, 1.82) is 0 Å². The number of guanidine groups is 1. The topological polar surface area (TPSA) is 54.9 Å². The molecule has 0 bridgehead atoms. The predicted octanol–water partition coefficient (Wildman–Crippen LogP) is 3.61. The van der Waals surface area contributed by atoms with E-state index in [-0.39, 0.29) is 24.0 Å². The van der Waals surface area contributed by atoms with Crippen LogP contribution in [0.25, 0.3) is 0 Å². The van der Waals surface area contributed by atoms with Gasteiger partial charge in [0.1, 0.15) is 0 Å². The Morgan fingerprint density at radius 3 is 2.40 bits per heavy atom. The first-order chi connectivity index (χ1) is 11.7. The molecule has 25 heavy (non-hydrogen) atoms. The second kappa shape index (κ2) is 10.7. The maximum Gasteiger partial charge on any atom is 0.191 e. The highest BCUT2D eigenvalue weighted by Gasteiger charge is 2.34. The zero-order valence-corrected chi connectivity index (χ0v) is 18.2. The van der Waals surface area contributed by atoms with Crippen LogP contribution in [0.4, 0.5) is 0 Å². The van der Waals surface area contributed by atoms with Crippen LogP contribution >= 0.6 is 24.0 Å². The molecule has 0 radical (unpaired) electrons. The zero-order chi connectivity index (χ0) is 17.4. The number of nitrogens with zero attached hydrogens (tertiary/aromatic N) is 1. The van der Waals surface area contributed by atoms with Crippen LogP contribution in [0.15, 0.2) is 23.2 Å². The molecule has 2 rings (SSSR count). The van der Waals surface area contributed by atoms with Gasteiger partial charge in [0.05, 0.1) is 14.2 Å². The third kappa shape index (κ3) is 5.94. The number of benzene rings is 1. The van der Waals surface area contributed by atoms with E-state index in [4.69, 9.17) is 9.47 Å². The van der Waals surface area contributed by atoms with E-state index < -0.39 is 0 Å². The summed E-state index contributed by atoms with van der Waals surface area (Å²) in [6.07, 6.45) is 6.17. The van der Waals surface area contributed by atoms with Gasteiger partial charge < -0.3 is 20.1 Å². The molecule has 5 nitrogen and oxygen atoms in total. The SMILES string of the molecule is CCC1(CNC(=NC)NCCc2ccc(OC)c(OC)c2)CCC1.I. The lowest BCUT2D eigenvalue weighted by Gasteiger charge is -2.41. The van der Waals surface area contributed by atoms with Gasteiger partial charge in [0, 0.05) is 20.1 Å². The van der Waals surface area contributed by atoms with E-state index in [9.17, 15) is 0 Å². The number of hydrogen-bond acceptors (Lipinski definition) is 3. The summed E-state index contributed by atoms with van der Waals surface area (Å²) in [4.78, 5) is 4.33. The summed E-state index contributed by atoms with van der Waals surface area (Å²) in [7, 11) is 5.14. The first-order valence-electron chi connectivity index (χ1n) is 8.82. The molecule has 1 aromatic carbocycles. The molecule has 1 aliphatic rings. The van der Waals surface area contributed by atoms with Gasteiger partial charge in [-0.1, -0.05) is 19.4 Å². The van der Waals surface area contributed by atoms with Gasteiger partial charge in [0.15, 0.2) is 17.5 Å². The van der Waals surface area contributed by atoms with Gasteiger partial charge in [-0.05, 0) is 48.8 Å². The van der Waals surface area contributed by atoms with Gasteiger partial charge >= 0.3 is 0 Å². The average Bonchev–Trinajstić information content (AvgIpc) is 2.59. The lowest BCUT2D eigenvalue weighted by Crippen LogP contribution is -2.46. The van der Waals surface area contributed by atoms with Crippen molar-refractivity contribution in [2.24, 2.45) is 10.4 Å². The number of methoxy groups -OCH3 is 2. The minimum absolute atomic E-state index is 0. The highest BCUT2D eigenvalue weighted by Crippen LogP contribution is 2.42. The number of ether oxygens (including phenoxy) is 2. The van der Waals surface area contributed by atoms with Gasteiger partial charge in [0.2, 0.25) is 0 Å². The number of halogens is 1. The van der Waals surface area contributed by atoms with Gasteiger partial charge in [0.25, 0.3) is 0 Å². The second-order valence-corrected chi connectivity index (χ2v) is 6.50. The van der Waals surface area contributed by atoms with Crippen LogP contribution in [0.2, 0.25) is 0 Å². The van der Waals surface area contributed by atoms with Crippen LogP contribution in [0, 0.1) is 5.41 Å². The molecule has 1 aliphatic carbocycles. The fourth-order valence-corrected chi connectivity index (χ4v) is 3.19. The van der Waals surface area contributed by atoms with Gasteiger partial charge in [-0.3, -0.25) is 4.99 Å². The first kappa shape index (κ1) is 21.9. The highest BCUT2D eigenvalue weighted by atomic mass is 127. The van der Waals surface area contributed by atoms with Crippen molar-refractivity contribution in [2.45, 2.75) is 39.0 Å².